The number of hydrogen-bond donors (Lipinski definition) is 7. The van der Waals surface area contributed by atoms with Crippen molar-refractivity contribution < 1.29 is 14.6 Å². The van der Waals surface area contributed by atoms with Gasteiger partial charge in [-0.2, -0.15) is 0 Å². The van der Waals surface area contributed by atoms with E-state index < -0.39 is 17.2 Å². The maximum atomic E-state index is 12.8. The molecule has 2 aromatic rings. The van der Waals surface area contributed by atoms with Gasteiger partial charge in [0.2, 0.25) is 0 Å². The lowest BCUT2D eigenvalue weighted by molar-refractivity contribution is 0.0725. The highest BCUT2D eigenvalue weighted by Gasteiger charge is 2.20. The Bertz CT molecular complexity index is 1220. The highest BCUT2D eigenvalue weighted by molar-refractivity contribution is 5.96. The number of carbonyl (C=O) groups excluding carboxylic acids is 1. The molecule has 9 N–H and O–H groups in total. The first-order valence-corrected chi connectivity index (χ1v) is 16.2. The summed E-state index contributed by atoms with van der Waals surface area (Å²) in [6, 6.07) is 10.0. The van der Waals surface area contributed by atoms with E-state index >= 15 is 0 Å². The van der Waals surface area contributed by atoms with Gasteiger partial charge in [0.05, 0.1) is 5.56 Å². The van der Waals surface area contributed by atoms with Gasteiger partial charge in [0.25, 0.3) is 11.5 Å². The third kappa shape index (κ3) is 13.9. The summed E-state index contributed by atoms with van der Waals surface area (Å²) in [5, 5.41) is 22.9. The molecular weight excluding hydrogens is 586 g/mol. The molecule has 1 aromatic carbocycles. The maximum absolute atomic E-state index is 12.8. The molecule has 13 heteroatoms. The number of hydrogen-bond acceptors (Lipinski definition) is 11. The summed E-state index contributed by atoms with van der Waals surface area (Å²) >= 11 is 0. The maximum Gasteiger partial charge on any atom is 0.293 e. The molecule has 2 unspecified atom stereocenters. The minimum atomic E-state index is -0.612. The van der Waals surface area contributed by atoms with E-state index in [-0.39, 0.29) is 17.7 Å². The molecule has 0 aliphatic carbocycles. The number of aromatic hydroxyl groups is 1. The van der Waals surface area contributed by atoms with Gasteiger partial charge in [0, 0.05) is 112 Å². The van der Waals surface area contributed by atoms with Crippen LogP contribution < -0.4 is 38.3 Å². The number of amides is 1. The Morgan fingerprint density at radius 3 is 2.28 bits per heavy atom. The van der Waals surface area contributed by atoms with Gasteiger partial charge in [-0.15, -0.1) is 0 Å². The molecule has 1 amide bonds. The Morgan fingerprint density at radius 1 is 1.04 bits per heavy atom. The summed E-state index contributed by atoms with van der Waals surface area (Å²) in [6.07, 6.45) is 6.94. The van der Waals surface area contributed by atoms with Crippen LogP contribution in [0.25, 0.3) is 0 Å². The van der Waals surface area contributed by atoms with E-state index in [1.54, 1.807) is 7.11 Å². The first-order valence-electron chi connectivity index (χ1n) is 16.2. The van der Waals surface area contributed by atoms with Crippen LogP contribution in [0.1, 0.15) is 29.3 Å². The summed E-state index contributed by atoms with van der Waals surface area (Å²) in [7, 11) is 5.10. The van der Waals surface area contributed by atoms with E-state index in [9.17, 15) is 14.7 Å². The summed E-state index contributed by atoms with van der Waals surface area (Å²) < 4.78 is 6.82. The topological polar surface area (TPSA) is 175 Å². The number of aryl methyl sites for hydroxylation is 1. The van der Waals surface area contributed by atoms with Gasteiger partial charge in [0.15, 0.2) is 5.75 Å². The van der Waals surface area contributed by atoms with Crippen molar-refractivity contribution in [3.63, 3.8) is 0 Å². The Kier molecular flexibility index (Phi) is 18.6. The lowest BCUT2D eigenvalue weighted by atomic mass is 9.97. The number of pyridine rings is 1. The Morgan fingerprint density at radius 2 is 1.70 bits per heavy atom. The van der Waals surface area contributed by atoms with Crippen LogP contribution in [0.4, 0.5) is 5.69 Å². The largest absolute Gasteiger partial charge is 0.502 e. The van der Waals surface area contributed by atoms with Crippen LogP contribution in [-0.2, 0) is 18.2 Å². The average Bonchev–Trinajstić information content (AvgIpc) is 3.04. The van der Waals surface area contributed by atoms with Crippen molar-refractivity contribution in [2.45, 2.75) is 26.0 Å². The smallest absolute Gasteiger partial charge is 0.293 e. The highest BCUT2D eigenvalue weighted by atomic mass is 16.5. The van der Waals surface area contributed by atoms with Gasteiger partial charge >= 0.3 is 0 Å². The van der Waals surface area contributed by atoms with Gasteiger partial charge in [-0.05, 0) is 49.2 Å². The molecule has 0 aliphatic rings. The predicted octanol–water partition coefficient (Wildman–Crippen LogP) is 0.318. The Balaban J connectivity index is 2.12. The molecule has 2 atom stereocenters. The number of benzene rings is 1. The van der Waals surface area contributed by atoms with Crippen molar-refractivity contribution in [1.82, 2.24) is 30.3 Å². The van der Waals surface area contributed by atoms with Crippen molar-refractivity contribution in [1.29, 1.82) is 0 Å². The monoisotopic (exact) mass is 643 g/mol. The summed E-state index contributed by atoms with van der Waals surface area (Å²) in [5.74, 6) is -0.781. The number of methoxy groups -OCH3 is 1. The lowest BCUT2D eigenvalue weighted by Crippen LogP contribution is -2.45. The van der Waals surface area contributed by atoms with Crippen molar-refractivity contribution >= 4 is 11.6 Å². The predicted molar refractivity (Wildman–Crippen MR) is 186 cm³/mol. The zero-order valence-corrected chi connectivity index (χ0v) is 28.1. The van der Waals surface area contributed by atoms with E-state index in [1.165, 1.54) is 29.4 Å². The second-order valence-electron chi connectivity index (χ2n) is 11.3. The first-order chi connectivity index (χ1) is 22.3. The van der Waals surface area contributed by atoms with Crippen molar-refractivity contribution in [2.75, 3.05) is 91.5 Å². The number of anilines is 1. The Labute approximate surface area is 274 Å². The summed E-state index contributed by atoms with van der Waals surface area (Å²) in [5.41, 5.74) is 13.8. The molecule has 0 radical (unpaired) electrons. The highest BCUT2D eigenvalue weighted by Crippen LogP contribution is 2.16. The number of aromatic nitrogens is 1. The number of carbonyl (C=O) groups is 1. The quantitative estimate of drug-likeness (QED) is 0.0785. The van der Waals surface area contributed by atoms with Crippen LogP contribution in [0.3, 0.4) is 0 Å². The molecule has 0 aliphatic heterocycles. The molecule has 0 saturated carbocycles. The fraction of sp³-hybridized carbons (Fsp3) is 0.576. The van der Waals surface area contributed by atoms with Crippen molar-refractivity contribution in [3.8, 4) is 5.75 Å². The molecule has 0 bridgehead atoms. The van der Waals surface area contributed by atoms with Gasteiger partial charge in [-0.1, -0.05) is 18.2 Å². The fourth-order valence-electron chi connectivity index (χ4n) is 5.34. The standard InChI is InChI=1S/C33H57N9O4/c1-5-37-28-10-8-26(9-11-28)23-27(24-41(19-13-34)21-16-38-30(46-4)7-6-15-36-2)25-42(20-14-35)22-17-39-32(44)29-12-18-40(3)33(45)31(29)43/h6,8-12,15,18,27,30,36-38,43H,5,7,13-14,16-17,19-25,34-35H2,1-4H3,(H,39,44)/b15-6-. The van der Waals surface area contributed by atoms with Crippen LogP contribution in [0.15, 0.2) is 53.6 Å². The molecule has 2 rings (SSSR count). The number of nitrogens with one attached hydrogen (secondary N) is 4. The van der Waals surface area contributed by atoms with Gasteiger partial charge in [-0.3, -0.25) is 19.8 Å². The van der Waals surface area contributed by atoms with E-state index in [4.69, 9.17) is 16.2 Å². The third-order valence-corrected chi connectivity index (χ3v) is 7.70. The molecule has 0 saturated heterocycles. The van der Waals surface area contributed by atoms with Crippen molar-refractivity contribution in [3.05, 3.63) is 70.3 Å². The van der Waals surface area contributed by atoms with E-state index in [1.807, 2.05) is 19.3 Å². The van der Waals surface area contributed by atoms with E-state index in [0.29, 0.717) is 32.7 Å². The molecule has 1 aromatic heterocycles. The molecule has 258 valence electrons. The molecule has 0 spiro atoms. The summed E-state index contributed by atoms with van der Waals surface area (Å²) in [4.78, 5) is 29.5. The van der Waals surface area contributed by atoms with Gasteiger partial charge in [-0.25, -0.2) is 0 Å². The minimum Gasteiger partial charge on any atom is -0.502 e. The number of ether oxygens (including phenoxy) is 1. The van der Waals surface area contributed by atoms with E-state index in [0.717, 1.165) is 57.8 Å². The average molecular weight is 644 g/mol. The molecular formula is C33H57N9O4. The van der Waals surface area contributed by atoms with Gasteiger partial charge < -0.3 is 46.7 Å². The SMILES string of the molecule is CCNc1ccc(CC(CN(CCN)CCNC(=O)c2ccn(C)c(=O)c2O)CN(CCN)CCNC(C/C=C\NC)OC)cc1. The first kappa shape index (κ1) is 38.7. The third-order valence-electron chi connectivity index (χ3n) is 7.70. The molecule has 1 heterocycles. The van der Waals surface area contributed by atoms with E-state index in [2.05, 4.69) is 62.3 Å². The minimum absolute atomic E-state index is 0.0350. The molecule has 13 nitrogen and oxygen atoms in total. The zero-order valence-electron chi connectivity index (χ0n) is 28.1. The number of nitrogens with zero attached hydrogens (tertiary/aromatic N) is 3. The summed E-state index contributed by atoms with van der Waals surface area (Å²) in [6.45, 7) is 9.48. The van der Waals surface area contributed by atoms with Crippen LogP contribution in [0, 0.1) is 5.92 Å². The van der Waals surface area contributed by atoms with Crippen LogP contribution in [0.5, 0.6) is 5.75 Å². The fourth-order valence-corrected chi connectivity index (χ4v) is 5.34. The second kappa shape index (κ2) is 22.1. The Hall–Kier alpha value is -3.46. The van der Waals surface area contributed by atoms with Crippen LogP contribution >= 0.6 is 0 Å². The van der Waals surface area contributed by atoms with Crippen LogP contribution in [0.2, 0.25) is 0 Å². The second-order valence-corrected chi connectivity index (χ2v) is 11.3. The zero-order chi connectivity index (χ0) is 33.7. The molecule has 46 heavy (non-hydrogen) atoms. The number of nitrogens with two attached hydrogens (primary N) is 2. The lowest BCUT2D eigenvalue weighted by Gasteiger charge is -2.32. The number of rotatable bonds is 24. The normalized spacial score (nSPS) is 13.0. The van der Waals surface area contributed by atoms with Crippen molar-refractivity contribution in [2.24, 2.45) is 24.4 Å². The molecule has 0 fully saturated rings. The van der Waals surface area contributed by atoms with Crippen LogP contribution in [-0.4, -0.2) is 118 Å². The van der Waals surface area contributed by atoms with Gasteiger partial charge in [0.1, 0.15) is 6.23 Å².